The fourth-order valence-electron chi connectivity index (χ4n) is 3.15. The highest BCUT2D eigenvalue weighted by atomic mass is 19.1. The van der Waals surface area contributed by atoms with Crippen LogP contribution in [0.3, 0.4) is 0 Å². The lowest BCUT2D eigenvalue weighted by molar-refractivity contribution is -0.134. The van der Waals surface area contributed by atoms with Gasteiger partial charge in [0, 0.05) is 12.6 Å². The Balaban J connectivity index is 1.40. The Kier molecular flexibility index (Phi) is 5.48. The van der Waals surface area contributed by atoms with Crippen molar-refractivity contribution in [1.29, 1.82) is 0 Å². The molecule has 3 heterocycles. The molecule has 2 aliphatic rings. The van der Waals surface area contributed by atoms with Crippen molar-refractivity contribution in [3.63, 3.8) is 0 Å². The predicted molar refractivity (Wildman–Crippen MR) is 104 cm³/mol. The van der Waals surface area contributed by atoms with Crippen LogP contribution in [0, 0.1) is 5.82 Å². The Bertz CT molecular complexity index is 953. The molecule has 0 spiro atoms. The van der Waals surface area contributed by atoms with Gasteiger partial charge in [-0.3, -0.25) is 9.69 Å². The third-order valence-electron chi connectivity index (χ3n) is 4.68. The van der Waals surface area contributed by atoms with E-state index in [-0.39, 0.29) is 18.8 Å². The number of nitrogens with zero attached hydrogens (tertiary/aromatic N) is 5. The molecule has 158 valence electrons. The molecule has 1 fully saturated rings. The number of ether oxygens (including phenoxy) is 1. The van der Waals surface area contributed by atoms with Gasteiger partial charge in [0.25, 0.3) is 5.91 Å². The zero-order chi connectivity index (χ0) is 21.1. The Morgan fingerprint density at radius 2 is 2.20 bits per heavy atom. The summed E-state index contributed by atoms with van der Waals surface area (Å²) in [6, 6.07) is 6.05. The lowest BCUT2D eigenvalue weighted by Crippen LogP contribution is -2.42. The summed E-state index contributed by atoms with van der Waals surface area (Å²) in [7, 11) is 0. The monoisotopic (exact) mass is 418 g/mol. The van der Waals surface area contributed by atoms with E-state index in [0.717, 1.165) is 5.01 Å². The molecule has 2 N–H and O–H groups in total. The minimum Gasteiger partial charge on any atom is -0.442 e. The molecule has 1 unspecified atom stereocenters. The second-order valence-corrected chi connectivity index (χ2v) is 6.62. The van der Waals surface area contributed by atoms with Crippen LogP contribution in [0.2, 0.25) is 0 Å². The van der Waals surface area contributed by atoms with Crippen LogP contribution in [0.1, 0.15) is 0 Å². The minimum atomic E-state index is -0.637. The van der Waals surface area contributed by atoms with Crippen LogP contribution in [0.15, 0.2) is 40.2 Å². The van der Waals surface area contributed by atoms with Gasteiger partial charge in [0.2, 0.25) is 0 Å². The number of halogens is 1. The SMILES string of the molecule is O=C(CO)N1CCN(c2ccc(N3CC(CNc4ccon4)OC3=O)cc2F)C=N1. The molecule has 1 atom stereocenters. The highest BCUT2D eigenvalue weighted by molar-refractivity contribution is 5.91. The molecule has 0 saturated carbocycles. The van der Waals surface area contributed by atoms with Crippen molar-refractivity contribution in [3.8, 4) is 0 Å². The van der Waals surface area contributed by atoms with Crippen molar-refractivity contribution < 1.29 is 28.3 Å². The summed E-state index contributed by atoms with van der Waals surface area (Å²) in [5, 5.41) is 20.6. The molecular formula is C18H19FN6O5. The molecule has 0 aliphatic carbocycles. The molecule has 0 radical (unpaired) electrons. The predicted octanol–water partition coefficient (Wildman–Crippen LogP) is 0.835. The summed E-state index contributed by atoms with van der Waals surface area (Å²) in [6.45, 7) is 0.485. The summed E-state index contributed by atoms with van der Waals surface area (Å²) in [4.78, 5) is 26.6. The van der Waals surface area contributed by atoms with Gasteiger partial charge in [0.15, 0.2) is 5.82 Å². The van der Waals surface area contributed by atoms with Gasteiger partial charge in [-0.1, -0.05) is 5.16 Å². The van der Waals surface area contributed by atoms with Gasteiger partial charge in [-0.25, -0.2) is 14.2 Å². The van der Waals surface area contributed by atoms with Crippen LogP contribution in [0.25, 0.3) is 0 Å². The van der Waals surface area contributed by atoms with E-state index in [1.165, 1.54) is 29.6 Å². The number of cyclic esters (lactones) is 1. The first-order valence-electron chi connectivity index (χ1n) is 9.19. The average molecular weight is 418 g/mol. The second-order valence-electron chi connectivity index (χ2n) is 6.62. The number of amides is 2. The molecule has 12 heteroatoms. The molecule has 1 aromatic carbocycles. The summed E-state index contributed by atoms with van der Waals surface area (Å²) in [5.74, 6) is -0.540. The average Bonchev–Trinajstić information content (AvgIpc) is 3.41. The minimum absolute atomic E-state index is 0.218. The molecule has 2 amide bonds. The number of aromatic nitrogens is 1. The van der Waals surface area contributed by atoms with Crippen molar-refractivity contribution >= 4 is 35.5 Å². The fraction of sp³-hybridized carbons (Fsp3) is 0.333. The Labute approximate surface area is 170 Å². The van der Waals surface area contributed by atoms with E-state index in [1.807, 2.05) is 0 Å². The lowest BCUT2D eigenvalue weighted by atomic mass is 10.2. The first-order chi connectivity index (χ1) is 14.5. The van der Waals surface area contributed by atoms with E-state index in [2.05, 4.69) is 15.6 Å². The van der Waals surface area contributed by atoms with Crippen molar-refractivity contribution in [3.05, 3.63) is 36.3 Å². The number of nitrogens with one attached hydrogen (secondary N) is 1. The molecular weight excluding hydrogens is 399 g/mol. The Morgan fingerprint density at radius 1 is 1.33 bits per heavy atom. The Hall–Kier alpha value is -3.67. The van der Waals surface area contributed by atoms with Gasteiger partial charge < -0.3 is 24.6 Å². The van der Waals surface area contributed by atoms with Crippen LogP contribution < -0.4 is 15.1 Å². The van der Waals surface area contributed by atoms with Gasteiger partial charge in [-0.15, -0.1) is 0 Å². The zero-order valence-corrected chi connectivity index (χ0v) is 15.8. The van der Waals surface area contributed by atoms with Crippen LogP contribution in [0.5, 0.6) is 0 Å². The zero-order valence-electron chi connectivity index (χ0n) is 15.8. The fourth-order valence-corrected chi connectivity index (χ4v) is 3.15. The molecule has 4 rings (SSSR count). The normalized spacial score (nSPS) is 18.7. The molecule has 2 aliphatic heterocycles. The molecule has 0 bridgehead atoms. The number of hydrogen-bond donors (Lipinski definition) is 2. The van der Waals surface area contributed by atoms with E-state index in [4.69, 9.17) is 14.4 Å². The van der Waals surface area contributed by atoms with Crippen molar-refractivity contribution in [1.82, 2.24) is 10.2 Å². The van der Waals surface area contributed by atoms with Crippen LogP contribution in [-0.4, -0.2) is 72.5 Å². The number of carbonyl (C=O) groups excluding carboxylic acids is 2. The third kappa shape index (κ3) is 4.03. The second kappa shape index (κ2) is 8.37. The number of carbonyl (C=O) groups is 2. The van der Waals surface area contributed by atoms with E-state index < -0.39 is 30.5 Å². The van der Waals surface area contributed by atoms with E-state index in [9.17, 15) is 14.0 Å². The van der Waals surface area contributed by atoms with Gasteiger partial charge in [-0.2, -0.15) is 5.10 Å². The molecule has 30 heavy (non-hydrogen) atoms. The van der Waals surface area contributed by atoms with E-state index in [1.54, 1.807) is 17.0 Å². The number of aliphatic hydroxyl groups excluding tert-OH is 1. The van der Waals surface area contributed by atoms with Crippen LogP contribution in [-0.2, 0) is 9.53 Å². The quantitative estimate of drug-likeness (QED) is 0.707. The van der Waals surface area contributed by atoms with Crippen molar-refractivity contribution in [2.75, 3.05) is 47.9 Å². The van der Waals surface area contributed by atoms with Crippen molar-refractivity contribution in [2.24, 2.45) is 5.10 Å². The number of hydrogen-bond acceptors (Lipinski definition) is 9. The molecule has 2 aromatic rings. The van der Waals surface area contributed by atoms with Crippen molar-refractivity contribution in [2.45, 2.75) is 6.10 Å². The largest absolute Gasteiger partial charge is 0.442 e. The lowest BCUT2D eigenvalue weighted by Gasteiger charge is -2.28. The van der Waals surface area contributed by atoms with Gasteiger partial charge >= 0.3 is 6.09 Å². The van der Waals surface area contributed by atoms with Gasteiger partial charge in [-0.05, 0) is 18.2 Å². The topological polar surface area (TPSA) is 124 Å². The Morgan fingerprint density at radius 3 is 2.87 bits per heavy atom. The number of rotatable bonds is 6. The van der Waals surface area contributed by atoms with E-state index in [0.29, 0.717) is 24.6 Å². The standard InChI is InChI=1S/C18H19FN6O5/c19-14-7-12(1-2-15(14)23-4-5-25(21-11-23)17(27)10-26)24-9-13(30-18(24)28)8-20-16-3-6-29-22-16/h1-3,6-7,11,13,26H,4-5,8-10H2,(H,20,22). The van der Waals surface area contributed by atoms with Gasteiger partial charge in [0.1, 0.15) is 31.1 Å². The maximum Gasteiger partial charge on any atom is 0.414 e. The number of hydrazone groups is 1. The molecule has 1 saturated heterocycles. The highest BCUT2D eigenvalue weighted by Crippen LogP contribution is 2.28. The smallest absolute Gasteiger partial charge is 0.414 e. The summed E-state index contributed by atoms with van der Waals surface area (Å²) in [5.41, 5.74) is 0.631. The van der Waals surface area contributed by atoms with E-state index >= 15 is 0 Å². The first kappa shape index (κ1) is 19.6. The summed E-state index contributed by atoms with van der Waals surface area (Å²) < 4.78 is 24.8. The number of anilines is 3. The maximum atomic E-state index is 14.7. The number of aliphatic hydroxyl groups is 1. The van der Waals surface area contributed by atoms with Crippen LogP contribution in [0.4, 0.5) is 26.4 Å². The maximum absolute atomic E-state index is 14.7. The van der Waals surface area contributed by atoms with Crippen LogP contribution >= 0.6 is 0 Å². The highest BCUT2D eigenvalue weighted by Gasteiger charge is 2.33. The molecule has 1 aromatic heterocycles. The van der Waals surface area contributed by atoms with Gasteiger partial charge in [0.05, 0.1) is 31.0 Å². The number of benzene rings is 1. The first-order valence-corrected chi connectivity index (χ1v) is 9.19. The summed E-state index contributed by atoms with van der Waals surface area (Å²) >= 11 is 0. The third-order valence-corrected chi connectivity index (χ3v) is 4.68. The summed E-state index contributed by atoms with van der Waals surface area (Å²) in [6.07, 6.45) is 1.76. The molecule has 11 nitrogen and oxygen atoms in total.